The van der Waals surface area contributed by atoms with Crippen LogP contribution in [0.25, 0.3) is 0 Å². The minimum absolute atomic E-state index is 0.00521. The first kappa shape index (κ1) is 24.6. The molecule has 2 rings (SSSR count). The Balaban J connectivity index is 2.06. The maximum Gasteiger partial charge on any atom is 0.308 e. The number of ether oxygens (including phenoxy) is 1. The molecule has 7 heteroatoms. The van der Waals surface area contributed by atoms with Crippen LogP contribution >= 0.6 is 0 Å². The second-order valence-corrected chi connectivity index (χ2v) is 8.96. The number of aliphatic carboxylic acids is 1. The fraction of sp³-hybridized carbons (Fsp3) is 0.739. The van der Waals surface area contributed by atoms with Gasteiger partial charge in [-0.2, -0.15) is 0 Å². The van der Waals surface area contributed by atoms with Gasteiger partial charge in [0.2, 0.25) is 0 Å². The van der Waals surface area contributed by atoms with Crippen molar-refractivity contribution in [3.8, 4) is 0 Å². The van der Waals surface area contributed by atoms with Gasteiger partial charge < -0.3 is 25.2 Å². The Labute approximate surface area is 178 Å². The zero-order valence-corrected chi connectivity index (χ0v) is 18.2. The third kappa shape index (κ3) is 6.65. The molecule has 0 fully saturated rings. The number of allylic oxidation sites excluding steroid dienone is 2. The van der Waals surface area contributed by atoms with E-state index < -0.39 is 24.3 Å². The summed E-state index contributed by atoms with van der Waals surface area (Å²) in [5.74, 6) is -3.44. The topological polar surface area (TPSA) is 124 Å². The minimum atomic E-state index is -2.20. The van der Waals surface area contributed by atoms with Gasteiger partial charge in [0, 0.05) is 18.8 Å². The lowest BCUT2D eigenvalue weighted by molar-refractivity contribution is -0.185. The number of fused-ring (bicyclic) bond motifs is 1. The molecule has 170 valence electrons. The Bertz CT molecular complexity index is 666. The zero-order valence-electron chi connectivity index (χ0n) is 18.2. The zero-order chi connectivity index (χ0) is 22.5. The molecule has 7 nitrogen and oxygen atoms in total. The van der Waals surface area contributed by atoms with E-state index in [9.17, 15) is 24.9 Å². The molecule has 6 atom stereocenters. The van der Waals surface area contributed by atoms with E-state index in [1.54, 1.807) is 0 Å². The van der Waals surface area contributed by atoms with Gasteiger partial charge in [-0.1, -0.05) is 45.4 Å². The molecule has 4 N–H and O–H groups in total. The molecule has 0 radical (unpaired) electrons. The van der Waals surface area contributed by atoms with Gasteiger partial charge in [-0.3, -0.25) is 9.59 Å². The normalized spacial score (nSPS) is 29.7. The number of carboxylic acids is 1. The number of carbonyl (C=O) groups excluding carboxylic acids is 1. The highest BCUT2D eigenvalue weighted by Gasteiger charge is 2.42. The highest BCUT2D eigenvalue weighted by Crippen LogP contribution is 2.44. The van der Waals surface area contributed by atoms with Crippen molar-refractivity contribution in [1.29, 1.82) is 0 Å². The van der Waals surface area contributed by atoms with Crippen LogP contribution in [0.5, 0.6) is 0 Å². The summed E-state index contributed by atoms with van der Waals surface area (Å²) in [6.45, 7) is 5.89. The summed E-state index contributed by atoms with van der Waals surface area (Å²) in [5.41, 5.74) is 0.989. The predicted molar refractivity (Wildman–Crippen MR) is 111 cm³/mol. The number of aliphatic hydroxyl groups is 3. The largest absolute Gasteiger partial charge is 0.481 e. The summed E-state index contributed by atoms with van der Waals surface area (Å²) < 4.78 is 5.85. The van der Waals surface area contributed by atoms with Gasteiger partial charge in [0.15, 0.2) is 5.79 Å². The fourth-order valence-corrected chi connectivity index (χ4v) is 4.54. The molecule has 0 amide bonds. The average molecular weight is 425 g/mol. The Morgan fingerprint density at radius 1 is 1.30 bits per heavy atom. The highest BCUT2D eigenvalue weighted by molar-refractivity contribution is 5.72. The molecule has 0 saturated carbocycles. The molecule has 0 bridgehead atoms. The first-order chi connectivity index (χ1) is 14.0. The van der Waals surface area contributed by atoms with Gasteiger partial charge in [-0.05, 0) is 36.7 Å². The second kappa shape index (κ2) is 10.6. The number of hydrogen-bond donors (Lipinski definition) is 4. The molecule has 2 aliphatic carbocycles. The van der Waals surface area contributed by atoms with Gasteiger partial charge in [0.25, 0.3) is 0 Å². The number of hydrogen-bond acceptors (Lipinski definition) is 6. The molecule has 0 heterocycles. The fourth-order valence-electron chi connectivity index (χ4n) is 4.54. The highest BCUT2D eigenvalue weighted by atomic mass is 16.5. The van der Waals surface area contributed by atoms with Crippen molar-refractivity contribution in [2.75, 3.05) is 0 Å². The van der Waals surface area contributed by atoms with Crippen molar-refractivity contribution in [1.82, 2.24) is 0 Å². The van der Waals surface area contributed by atoms with E-state index in [0.717, 1.165) is 12.0 Å². The molecule has 0 aromatic rings. The van der Waals surface area contributed by atoms with Crippen molar-refractivity contribution in [2.24, 2.45) is 23.7 Å². The Morgan fingerprint density at radius 3 is 2.63 bits per heavy atom. The van der Waals surface area contributed by atoms with E-state index in [1.165, 1.54) is 0 Å². The van der Waals surface area contributed by atoms with Crippen LogP contribution in [0.1, 0.15) is 65.7 Å². The van der Waals surface area contributed by atoms with Crippen molar-refractivity contribution in [3.63, 3.8) is 0 Å². The van der Waals surface area contributed by atoms with Gasteiger partial charge in [-0.15, -0.1) is 0 Å². The van der Waals surface area contributed by atoms with Crippen LogP contribution in [0, 0.1) is 23.7 Å². The second-order valence-electron chi connectivity index (χ2n) is 8.96. The third-order valence-corrected chi connectivity index (χ3v) is 6.45. The van der Waals surface area contributed by atoms with Gasteiger partial charge in [0.1, 0.15) is 6.10 Å². The van der Waals surface area contributed by atoms with E-state index in [0.29, 0.717) is 25.7 Å². The van der Waals surface area contributed by atoms with Gasteiger partial charge in [0.05, 0.1) is 18.4 Å². The van der Waals surface area contributed by atoms with Crippen LogP contribution in [-0.2, 0) is 14.3 Å². The Hall–Kier alpha value is -1.70. The monoisotopic (exact) mass is 424 g/mol. The van der Waals surface area contributed by atoms with Crippen LogP contribution < -0.4 is 0 Å². The predicted octanol–water partition coefficient (Wildman–Crippen LogP) is 2.79. The molecule has 0 aromatic carbocycles. The average Bonchev–Trinajstić information content (AvgIpc) is 2.64. The van der Waals surface area contributed by atoms with Crippen molar-refractivity contribution >= 4 is 11.9 Å². The molecule has 2 aliphatic rings. The summed E-state index contributed by atoms with van der Waals surface area (Å²) in [7, 11) is 0. The van der Waals surface area contributed by atoms with Crippen LogP contribution in [0.3, 0.4) is 0 Å². The summed E-state index contributed by atoms with van der Waals surface area (Å²) in [4.78, 5) is 23.1. The molecule has 0 unspecified atom stereocenters. The molecule has 0 saturated heterocycles. The lowest BCUT2D eigenvalue weighted by atomic mass is 9.66. The number of carboxylic acid groups (broad SMARTS) is 1. The van der Waals surface area contributed by atoms with Gasteiger partial charge >= 0.3 is 11.9 Å². The first-order valence-electron chi connectivity index (χ1n) is 11.0. The van der Waals surface area contributed by atoms with Crippen molar-refractivity contribution in [2.45, 2.75) is 83.7 Å². The number of rotatable bonds is 10. The minimum Gasteiger partial charge on any atom is -0.481 e. The summed E-state index contributed by atoms with van der Waals surface area (Å²) in [6, 6.07) is 0. The summed E-state index contributed by atoms with van der Waals surface area (Å²) in [6.07, 6.45) is 7.25. The van der Waals surface area contributed by atoms with E-state index in [4.69, 9.17) is 9.84 Å². The molecular formula is C23H36O7. The maximum atomic E-state index is 12.4. The lowest BCUT2D eigenvalue weighted by Crippen LogP contribution is -2.43. The first-order valence-corrected chi connectivity index (χ1v) is 11.0. The smallest absolute Gasteiger partial charge is 0.308 e. The van der Waals surface area contributed by atoms with Crippen LogP contribution in [0.4, 0.5) is 0 Å². The van der Waals surface area contributed by atoms with Crippen LogP contribution in [-0.4, -0.2) is 50.4 Å². The number of esters is 1. The SMILES string of the molecule is CC[C@H](C)C(=O)O[C@@H]1C[C@H](O)C=C2C=C[C@H](C)[C@H](CCCCC(O)(O)CC(=O)O)[C@H]21. The van der Waals surface area contributed by atoms with E-state index in [-0.39, 0.29) is 42.2 Å². The lowest BCUT2D eigenvalue weighted by Gasteiger charge is -2.43. The summed E-state index contributed by atoms with van der Waals surface area (Å²) in [5, 5.41) is 38.6. The third-order valence-electron chi connectivity index (χ3n) is 6.45. The molecule has 0 aromatic heterocycles. The van der Waals surface area contributed by atoms with E-state index >= 15 is 0 Å². The van der Waals surface area contributed by atoms with Crippen molar-refractivity contribution < 1.29 is 34.8 Å². The maximum absolute atomic E-state index is 12.4. The van der Waals surface area contributed by atoms with E-state index in [2.05, 4.69) is 13.0 Å². The number of carbonyl (C=O) groups is 2. The van der Waals surface area contributed by atoms with E-state index in [1.807, 2.05) is 26.0 Å². The molecule has 0 aliphatic heterocycles. The van der Waals surface area contributed by atoms with Crippen LogP contribution in [0.2, 0.25) is 0 Å². The Morgan fingerprint density at radius 2 is 2.00 bits per heavy atom. The molecule has 0 spiro atoms. The molecule has 30 heavy (non-hydrogen) atoms. The molecular weight excluding hydrogens is 388 g/mol. The van der Waals surface area contributed by atoms with Crippen LogP contribution in [0.15, 0.2) is 23.8 Å². The van der Waals surface area contributed by atoms with Crippen molar-refractivity contribution in [3.05, 3.63) is 23.8 Å². The van der Waals surface area contributed by atoms with Gasteiger partial charge in [-0.25, -0.2) is 0 Å². The number of aliphatic hydroxyl groups excluding tert-OH is 1. The number of unbranched alkanes of at least 4 members (excludes halogenated alkanes) is 1. The summed E-state index contributed by atoms with van der Waals surface area (Å²) >= 11 is 0. The quantitative estimate of drug-likeness (QED) is 0.241. The Kier molecular flexibility index (Phi) is 8.64. The standard InChI is InChI=1S/C23H36O7/c1-4-14(2)22(27)30-19-12-17(24)11-16-9-8-15(3)18(21(16)19)7-5-6-10-23(28,29)13-20(25)26/h8-9,11,14-15,17-19,21,24,28-29H,4-7,10,12-13H2,1-3H3,(H,25,26)/t14-,15-,17+,18-,19+,21-/m0/s1.